The highest BCUT2D eigenvalue weighted by atomic mass is 16.6. The first-order chi connectivity index (χ1) is 8.63. The summed E-state index contributed by atoms with van der Waals surface area (Å²) in [5, 5.41) is 0. The van der Waals surface area contributed by atoms with Crippen LogP contribution < -0.4 is 0 Å². The average Bonchev–Trinajstić information content (AvgIpc) is 3.09. The lowest BCUT2D eigenvalue weighted by atomic mass is 10.0. The molecule has 1 aliphatic heterocycles. The van der Waals surface area contributed by atoms with E-state index in [0.717, 1.165) is 24.0 Å². The highest BCUT2D eigenvalue weighted by Crippen LogP contribution is 2.34. The zero-order valence-corrected chi connectivity index (χ0v) is 10.6. The van der Waals surface area contributed by atoms with Crippen molar-refractivity contribution >= 4 is 17.9 Å². The van der Waals surface area contributed by atoms with Gasteiger partial charge in [-0.15, -0.1) is 0 Å². The molecule has 0 amide bonds. The Hall–Kier alpha value is -1.90. The summed E-state index contributed by atoms with van der Waals surface area (Å²) < 4.78 is 5.18. The molecule has 18 heavy (non-hydrogen) atoms. The number of esters is 1. The number of aliphatic imine (C=N–C) groups is 1. The van der Waals surface area contributed by atoms with Crippen molar-refractivity contribution in [1.29, 1.82) is 0 Å². The van der Waals surface area contributed by atoms with Crippen molar-refractivity contribution in [2.75, 3.05) is 0 Å². The number of cyclic esters (lactones) is 1. The summed E-state index contributed by atoms with van der Waals surface area (Å²) in [6.07, 6.45) is 3.98. The van der Waals surface area contributed by atoms with E-state index >= 15 is 0 Å². The van der Waals surface area contributed by atoms with Gasteiger partial charge in [-0.05, 0) is 43.9 Å². The average molecular weight is 241 g/mol. The molecule has 0 unspecified atom stereocenters. The van der Waals surface area contributed by atoms with Crippen LogP contribution in [0.4, 0.5) is 0 Å². The molecule has 3 heteroatoms. The van der Waals surface area contributed by atoms with Gasteiger partial charge in [-0.2, -0.15) is 0 Å². The summed E-state index contributed by atoms with van der Waals surface area (Å²) >= 11 is 0. The molecule has 0 aromatic heterocycles. The molecule has 1 aromatic rings. The first-order valence-corrected chi connectivity index (χ1v) is 6.23. The molecule has 1 fully saturated rings. The second-order valence-corrected chi connectivity index (χ2v) is 5.00. The van der Waals surface area contributed by atoms with Gasteiger partial charge >= 0.3 is 5.97 Å². The molecule has 0 N–H and O–H groups in total. The minimum Gasteiger partial charge on any atom is -0.406 e. The number of rotatable bonds is 2. The molecular formula is C15H15NO2. The standard InChI is InChI=1S/C15H15NO2/c1-9-3-4-12(10(2)7-9)8-13-15(17)18-14(16-13)11-5-6-11/h3-4,7-8,11H,5-6H2,1-2H3/b13-8-. The van der Waals surface area contributed by atoms with Crippen molar-refractivity contribution in [1.82, 2.24) is 0 Å². The summed E-state index contributed by atoms with van der Waals surface area (Å²) in [6, 6.07) is 6.14. The SMILES string of the molecule is Cc1ccc(/C=C2\N=C(C3CC3)OC2=O)c(C)c1. The molecule has 1 saturated carbocycles. The molecular weight excluding hydrogens is 226 g/mol. The van der Waals surface area contributed by atoms with Gasteiger partial charge in [0.2, 0.25) is 5.90 Å². The molecule has 92 valence electrons. The smallest absolute Gasteiger partial charge is 0.363 e. The molecule has 0 saturated heterocycles. The van der Waals surface area contributed by atoms with E-state index in [-0.39, 0.29) is 5.97 Å². The maximum atomic E-state index is 11.7. The fourth-order valence-electron chi connectivity index (χ4n) is 2.07. The number of ether oxygens (including phenoxy) is 1. The molecule has 3 nitrogen and oxygen atoms in total. The van der Waals surface area contributed by atoms with E-state index in [9.17, 15) is 4.79 Å². The van der Waals surface area contributed by atoms with Crippen LogP contribution in [-0.4, -0.2) is 11.9 Å². The third-order valence-corrected chi connectivity index (χ3v) is 3.28. The summed E-state index contributed by atoms with van der Waals surface area (Å²) in [7, 11) is 0. The molecule has 1 heterocycles. The molecule has 3 rings (SSSR count). The Bertz CT molecular complexity index is 580. The van der Waals surface area contributed by atoms with E-state index < -0.39 is 0 Å². The van der Waals surface area contributed by atoms with Crippen LogP contribution in [0.1, 0.15) is 29.5 Å². The lowest BCUT2D eigenvalue weighted by Gasteiger charge is -2.01. The molecule has 0 atom stereocenters. The second kappa shape index (κ2) is 4.09. The third kappa shape index (κ3) is 2.08. The zero-order valence-electron chi connectivity index (χ0n) is 10.6. The first-order valence-electron chi connectivity index (χ1n) is 6.23. The quantitative estimate of drug-likeness (QED) is 0.589. The molecule has 1 aromatic carbocycles. The summed E-state index contributed by atoms with van der Waals surface area (Å²) in [5.41, 5.74) is 3.80. The van der Waals surface area contributed by atoms with Gasteiger partial charge in [0.15, 0.2) is 5.70 Å². The fraction of sp³-hybridized carbons (Fsp3) is 0.333. The van der Waals surface area contributed by atoms with Crippen LogP contribution >= 0.6 is 0 Å². The number of carbonyl (C=O) groups excluding carboxylic acids is 1. The van der Waals surface area contributed by atoms with Gasteiger partial charge in [-0.3, -0.25) is 0 Å². The fourth-order valence-corrected chi connectivity index (χ4v) is 2.07. The Balaban J connectivity index is 1.93. The minimum absolute atomic E-state index is 0.322. The molecule has 0 radical (unpaired) electrons. The van der Waals surface area contributed by atoms with Gasteiger partial charge in [-0.25, -0.2) is 9.79 Å². The van der Waals surface area contributed by atoms with Gasteiger partial charge in [-0.1, -0.05) is 23.8 Å². The van der Waals surface area contributed by atoms with Crippen LogP contribution in [0.3, 0.4) is 0 Å². The number of benzene rings is 1. The highest BCUT2D eigenvalue weighted by Gasteiger charge is 2.35. The molecule has 2 aliphatic rings. The number of carbonyl (C=O) groups is 1. The van der Waals surface area contributed by atoms with Gasteiger partial charge in [0.25, 0.3) is 0 Å². The Labute approximate surface area is 106 Å². The number of hydrogen-bond acceptors (Lipinski definition) is 3. The van der Waals surface area contributed by atoms with Gasteiger partial charge in [0.1, 0.15) is 0 Å². The number of aryl methyl sites for hydroxylation is 2. The van der Waals surface area contributed by atoms with Crippen LogP contribution in [0.5, 0.6) is 0 Å². The van der Waals surface area contributed by atoms with Gasteiger partial charge in [0, 0.05) is 5.92 Å². The predicted molar refractivity (Wildman–Crippen MR) is 70.1 cm³/mol. The topological polar surface area (TPSA) is 38.7 Å². The zero-order chi connectivity index (χ0) is 12.7. The highest BCUT2D eigenvalue weighted by molar-refractivity contribution is 6.08. The lowest BCUT2D eigenvalue weighted by molar-refractivity contribution is -0.130. The minimum atomic E-state index is -0.322. The van der Waals surface area contributed by atoms with E-state index in [2.05, 4.69) is 18.0 Å². The summed E-state index contributed by atoms with van der Waals surface area (Å²) in [4.78, 5) is 16.0. The van der Waals surface area contributed by atoms with E-state index in [1.807, 2.05) is 25.1 Å². The largest absolute Gasteiger partial charge is 0.406 e. The third-order valence-electron chi connectivity index (χ3n) is 3.28. The van der Waals surface area contributed by atoms with E-state index in [1.165, 1.54) is 5.56 Å². The maximum absolute atomic E-state index is 11.7. The maximum Gasteiger partial charge on any atom is 0.363 e. The van der Waals surface area contributed by atoms with Crippen molar-refractivity contribution in [2.45, 2.75) is 26.7 Å². The van der Waals surface area contributed by atoms with Crippen LogP contribution in [0.25, 0.3) is 6.08 Å². The first kappa shape index (κ1) is 11.2. The van der Waals surface area contributed by atoms with Crippen LogP contribution in [0, 0.1) is 19.8 Å². The van der Waals surface area contributed by atoms with Crippen molar-refractivity contribution < 1.29 is 9.53 Å². The second-order valence-electron chi connectivity index (χ2n) is 5.00. The van der Waals surface area contributed by atoms with Crippen LogP contribution in [0.15, 0.2) is 28.9 Å². The number of nitrogens with zero attached hydrogens (tertiary/aromatic N) is 1. The Kier molecular flexibility index (Phi) is 2.54. The molecule has 0 bridgehead atoms. The molecule has 1 aliphatic carbocycles. The van der Waals surface area contributed by atoms with Crippen LogP contribution in [0.2, 0.25) is 0 Å². The Morgan fingerprint density at radius 2 is 2.11 bits per heavy atom. The lowest BCUT2D eigenvalue weighted by Crippen LogP contribution is -2.05. The Morgan fingerprint density at radius 3 is 2.78 bits per heavy atom. The summed E-state index contributed by atoms with van der Waals surface area (Å²) in [6.45, 7) is 4.09. The molecule has 0 spiro atoms. The van der Waals surface area contributed by atoms with Crippen LogP contribution in [-0.2, 0) is 9.53 Å². The van der Waals surface area contributed by atoms with E-state index in [4.69, 9.17) is 4.74 Å². The van der Waals surface area contributed by atoms with Crippen molar-refractivity contribution in [3.8, 4) is 0 Å². The van der Waals surface area contributed by atoms with E-state index in [1.54, 1.807) is 0 Å². The Morgan fingerprint density at radius 1 is 1.33 bits per heavy atom. The normalized spacial score (nSPS) is 21.1. The summed E-state index contributed by atoms with van der Waals surface area (Å²) in [5.74, 6) is 0.659. The monoisotopic (exact) mass is 241 g/mol. The van der Waals surface area contributed by atoms with Gasteiger partial charge in [0.05, 0.1) is 0 Å². The van der Waals surface area contributed by atoms with Crippen molar-refractivity contribution in [3.63, 3.8) is 0 Å². The van der Waals surface area contributed by atoms with Crippen molar-refractivity contribution in [3.05, 3.63) is 40.6 Å². The number of hydrogen-bond donors (Lipinski definition) is 0. The van der Waals surface area contributed by atoms with E-state index in [0.29, 0.717) is 17.5 Å². The predicted octanol–water partition coefficient (Wildman–Crippen LogP) is 3.01. The van der Waals surface area contributed by atoms with Crippen molar-refractivity contribution in [2.24, 2.45) is 10.9 Å². The van der Waals surface area contributed by atoms with Gasteiger partial charge < -0.3 is 4.74 Å².